The molecule has 0 aliphatic carbocycles. The predicted molar refractivity (Wildman–Crippen MR) is 130 cm³/mol. The number of carbonyl (C=O) groups excluding carboxylic acids is 2. The maximum Gasteiger partial charge on any atom is 0.262 e. The van der Waals surface area contributed by atoms with Gasteiger partial charge in [-0.05, 0) is 59.7 Å². The zero-order chi connectivity index (χ0) is 25.2. The van der Waals surface area contributed by atoms with Crippen molar-refractivity contribution in [2.75, 3.05) is 27.5 Å². The molecule has 5 rings (SSSR count). The second-order valence-corrected chi connectivity index (χ2v) is 8.49. The molecule has 9 heteroatoms. The summed E-state index contributed by atoms with van der Waals surface area (Å²) in [6.07, 6.45) is 0.461. The van der Waals surface area contributed by atoms with E-state index in [0.29, 0.717) is 23.7 Å². The number of carbonyl (C=O) groups is 2. The van der Waals surface area contributed by atoms with Crippen LogP contribution >= 0.6 is 0 Å². The van der Waals surface area contributed by atoms with Gasteiger partial charge in [0.25, 0.3) is 11.8 Å². The van der Waals surface area contributed by atoms with E-state index in [1.807, 2.05) is 36.4 Å². The molecule has 2 aliphatic heterocycles. The van der Waals surface area contributed by atoms with Crippen LogP contribution in [0.5, 0.6) is 17.2 Å². The van der Waals surface area contributed by atoms with Crippen LogP contribution in [0.2, 0.25) is 0 Å². The number of hydrogen-bond acceptors (Lipinski definition) is 6. The van der Waals surface area contributed by atoms with E-state index < -0.39 is 23.7 Å². The van der Waals surface area contributed by atoms with Gasteiger partial charge in [0.15, 0.2) is 11.5 Å². The lowest BCUT2D eigenvalue weighted by atomic mass is 9.98. The van der Waals surface area contributed by atoms with Gasteiger partial charge in [-0.15, -0.1) is 0 Å². The van der Waals surface area contributed by atoms with Crippen molar-refractivity contribution in [2.45, 2.75) is 12.5 Å². The highest BCUT2D eigenvalue weighted by molar-refractivity contribution is 6.04. The molecule has 0 radical (unpaired) electrons. The lowest BCUT2D eigenvalue weighted by Crippen LogP contribution is -2.39. The van der Waals surface area contributed by atoms with Crippen molar-refractivity contribution in [3.05, 3.63) is 89.2 Å². The third kappa shape index (κ3) is 4.47. The molecule has 2 amide bonds. The smallest absolute Gasteiger partial charge is 0.262 e. The van der Waals surface area contributed by atoms with Gasteiger partial charge in [-0.2, -0.15) is 5.10 Å². The van der Waals surface area contributed by atoms with Crippen LogP contribution in [0, 0.1) is 5.82 Å². The molecule has 2 heterocycles. The van der Waals surface area contributed by atoms with E-state index in [4.69, 9.17) is 14.2 Å². The number of halogens is 1. The van der Waals surface area contributed by atoms with Crippen molar-refractivity contribution in [2.24, 2.45) is 5.10 Å². The highest BCUT2D eigenvalue weighted by Crippen LogP contribution is 2.39. The molecule has 0 saturated heterocycles. The molecule has 0 bridgehead atoms. The Hall–Kier alpha value is -4.40. The predicted octanol–water partition coefficient (Wildman–Crippen LogP) is 4.01. The molecule has 0 unspecified atom stereocenters. The fraction of sp³-hybridized carbons (Fsp3) is 0.222. The molecule has 1 atom stereocenters. The molecule has 0 N–H and O–H groups in total. The zero-order valence-electron chi connectivity index (χ0n) is 19.8. The summed E-state index contributed by atoms with van der Waals surface area (Å²) in [4.78, 5) is 27.4. The summed E-state index contributed by atoms with van der Waals surface area (Å²) in [6.45, 7) is -0.129. The Kier molecular flexibility index (Phi) is 6.28. The molecule has 0 spiro atoms. The van der Waals surface area contributed by atoms with Crippen LogP contribution in [0.15, 0.2) is 71.8 Å². The highest BCUT2D eigenvalue weighted by atomic mass is 19.1. The normalized spacial score (nSPS) is 16.0. The first-order valence-corrected chi connectivity index (χ1v) is 11.4. The van der Waals surface area contributed by atoms with Gasteiger partial charge in [0.2, 0.25) is 6.79 Å². The summed E-state index contributed by atoms with van der Waals surface area (Å²) in [5.41, 5.74) is 2.30. The first kappa shape index (κ1) is 23.3. The number of amides is 2. The highest BCUT2D eigenvalue weighted by Gasteiger charge is 2.35. The Balaban J connectivity index is 1.42. The fourth-order valence-corrected chi connectivity index (χ4v) is 4.27. The second-order valence-electron chi connectivity index (χ2n) is 8.49. The van der Waals surface area contributed by atoms with Crippen LogP contribution in [-0.4, -0.2) is 54.9 Å². The summed E-state index contributed by atoms with van der Waals surface area (Å²) < 4.78 is 30.3. The molecule has 3 aromatic rings. The van der Waals surface area contributed by atoms with E-state index in [9.17, 15) is 14.0 Å². The average Bonchev–Trinajstić information content (AvgIpc) is 3.55. The van der Waals surface area contributed by atoms with Crippen LogP contribution in [-0.2, 0) is 4.79 Å². The molecule has 184 valence electrons. The SMILES string of the molecule is COc1ccc(C2=NN(C(=O)CN(C)C(=O)c3ccccc3F)[C@@H](c3ccc4c(c3)OCO4)C2)cc1. The van der Waals surface area contributed by atoms with Gasteiger partial charge >= 0.3 is 0 Å². The number of likely N-dealkylation sites (N-methyl/N-ethyl adjacent to an activating group) is 1. The Morgan fingerprint density at radius 1 is 1.08 bits per heavy atom. The Morgan fingerprint density at radius 3 is 2.58 bits per heavy atom. The van der Waals surface area contributed by atoms with Crippen molar-refractivity contribution in [1.82, 2.24) is 9.91 Å². The molecule has 8 nitrogen and oxygen atoms in total. The fourth-order valence-electron chi connectivity index (χ4n) is 4.27. The van der Waals surface area contributed by atoms with E-state index in [1.165, 1.54) is 35.2 Å². The average molecular weight is 490 g/mol. The lowest BCUT2D eigenvalue weighted by molar-refractivity contribution is -0.133. The number of hydrogen-bond donors (Lipinski definition) is 0. The van der Waals surface area contributed by atoms with Crippen molar-refractivity contribution >= 4 is 17.5 Å². The molecular weight excluding hydrogens is 465 g/mol. The third-order valence-corrected chi connectivity index (χ3v) is 6.19. The Bertz CT molecular complexity index is 1340. The minimum Gasteiger partial charge on any atom is -0.497 e. The number of nitrogens with zero attached hydrogens (tertiary/aromatic N) is 3. The van der Waals surface area contributed by atoms with E-state index in [-0.39, 0.29) is 18.9 Å². The topological polar surface area (TPSA) is 80.7 Å². The summed E-state index contributed by atoms with van der Waals surface area (Å²) in [5.74, 6) is 0.339. The van der Waals surface area contributed by atoms with E-state index in [0.717, 1.165) is 16.8 Å². The van der Waals surface area contributed by atoms with Crippen LogP contribution in [0.4, 0.5) is 4.39 Å². The standard InChI is InChI=1S/C27H24FN3O5/c1-30(27(33)20-5-3-4-6-21(20)28)15-26(32)31-23(18-9-12-24-25(13-18)36-16-35-24)14-22(29-31)17-7-10-19(34-2)11-8-17/h3-13,23H,14-16H2,1-2H3/t23-/m1/s1. The number of fused-ring (bicyclic) bond motifs is 1. The largest absolute Gasteiger partial charge is 0.497 e. The summed E-state index contributed by atoms with van der Waals surface area (Å²) >= 11 is 0. The molecule has 2 aliphatic rings. The van der Waals surface area contributed by atoms with Gasteiger partial charge in [0.05, 0.1) is 24.4 Å². The monoisotopic (exact) mass is 489 g/mol. The third-order valence-electron chi connectivity index (χ3n) is 6.19. The molecular formula is C27H24FN3O5. The number of methoxy groups -OCH3 is 1. The van der Waals surface area contributed by atoms with Gasteiger partial charge < -0.3 is 19.1 Å². The van der Waals surface area contributed by atoms with Crippen molar-refractivity contribution in [1.29, 1.82) is 0 Å². The molecule has 0 saturated carbocycles. The first-order chi connectivity index (χ1) is 17.4. The van der Waals surface area contributed by atoms with Crippen LogP contribution in [0.25, 0.3) is 0 Å². The molecule has 3 aromatic carbocycles. The lowest BCUT2D eigenvalue weighted by Gasteiger charge is -2.25. The van der Waals surface area contributed by atoms with Gasteiger partial charge in [-0.25, -0.2) is 9.40 Å². The Morgan fingerprint density at radius 2 is 1.83 bits per heavy atom. The summed E-state index contributed by atoms with van der Waals surface area (Å²) in [5, 5.41) is 6.03. The maximum absolute atomic E-state index is 14.1. The van der Waals surface area contributed by atoms with Crippen LogP contribution in [0.1, 0.15) is 33.9 Å². The minimum atomic E-state index is -0.638. The molecule has 0 aromatic heterocycles. The van der Waals surface area contributed by atoms with Crippen molar-refractivity contribution in [3.8, 4) is 17.2 Å². The maximum atomic E-state index is 14.1. The van der Waals surface area contributed by atoms with Gasteiger partial charge in [-0.3, -0.25) is 9.59 Å². The minimum absolute atomic E-state index is 0.0935. The number of rotatable bonds is 6. The van der Waals surface area contributed by atoms with Crippen LogP contribution < -0.4 is 14.2 Å². The molecule has 0 fully saturated rings. The number of hydrazone groups is 1. The molecule has 36 heavy (non-hydrogen) atoms. The van der Waals surface area contributed by atoms with E-state index >= 15 is 0 Å². The van der Waals surface area contributed by atoms with E-state index in [1.54, 1.807) is 19.2 Å². The second kappa shape index (κ2) is 9.69. The summed E-state index contributed by atoms with van der Waals surface area (Å²) in [7, 11) is 3.06. The van der Waals surface area contributed by atoms with Crippen molar-refractivity contribution < 1.29 is 28.2 Å². The van der Waals surface area contributed by atoms with Gasteiger partial charge in [0.1, 0.15) is 18.1 Å². The number of benzene rings is 3. The Labute approximate surface area is 207 Å². The van der Waals surface area contributed by atoms with Gasteiger partial charge in [0, 0.05) is 13.5 Å². The van der Waals surface area contributed by atoms with Crippen LogP contribution in [0.3, 0.4) is 0 Å². The first-order valence-electron chi connectivity index (χ1n) is 11.4. The van der Waals surface area contributed by atoms with Crippen molar-refractivity contribution in [3.63, 3.8) is 0 Å². The van der Waals surface area contributed by atoms with Gasteiger partial charge in [-0.1, -0.05) is 18.2 Å². The quantitative estimate of drug-likeness (QED) is 0.523. The zero-order valence-corrected chi connectivity index (χ0v) is 19.8. The summed E-state index contributed by atoms with van der Waals surface area (Å²) in [6, 6.07) is 18.2. The number of ether oxygens (including phenoxy) is 3. The van der Waals surface area contributed by atoms with E-state index in [2.05, 4.69) is 5.10 Å².